The summed E-state index contributed by atoms with van der Waals surface area (Å²) in [7, 11) is 0. The average Bonchev–Trinajstić information content (AvgIpc) is 3.73. The van der Waals surface area contributed by atoms with E-state index >= 15 is 0 Å². The Hall–Kier alpha value is -5.48. The summed E-state index contributed by atoms with van der Waals surface area (Å²) >= 11 is 0. The number of aryl methyl sites for hydroxylation is 1. The summed E-state index contributed by atoms with van der Waals surface area (Å²) in [5.41, 5.74) is 20.7. The third-order valence-electron chi connectivity index (χ3n) is 12.6. The Kier molecular flexibility index (Phi) is 7.50. The highest BCUT2D eigenvalue weighted by Crippen LogP contribution is 2.49. The molecule has 0 fully saturated rings. The van der Waals surface area contributed by atoms with Crippen LogP contribution in [0.1, 0.15) is 83.2 Å². The van der Waals surface area contributed by atoms with Gasteiger partial charge >= 0.3 is 0 Å². The molecule has 2 aliphatic heterocycles. The zero-order valence-corrected chi connectivity index (χ0v) is 34.3. The van der Waals surface area contributed by atoms with Crippen molar-refractivity contribution in [3.63, 3.8) is 0 Å². The monoisotopic (exact) mass is 730 g/mol. The van der Waals surface area contributed by atoms with Crippen LogP contribution in [0.5, 0.6) is 0 Å². The molecule has 1 aliphatic carbocycles. The van der Waals surface area contributed by atoms with Crippen molar-refractivity contribution in [1.29, 1.82) is 0 Å². The third-order valence-corrected chi connectivity index (χ3v) is 12.6. The molecule has 0 saturated heterocycles. The van der Waals surface area contributed by atoms with Gasteiger partial charge in [0.1, 0.15) is 11.3 Å². The molecule has 0 bridgehead atoms. The second-order valence-electron chi connectivity index (χ2n) is 19.5. The Balaban J connectivity index is 1.28. The van der Waals surface area contributed by atoms with Crippen molar-refractivity contribution in [2.24, 2.45) is 5.41 Å². The van der Waals surface area contributed by atoms with E-state index in [1.165, 1.54) is 78.3 Å². The minimum Gasteiger partial charge on any atom is -0.456 e. The van der Waals surface area contributed by atoms with Crippen molar-refractivity contribution in [2.45, 2.75) is 86.0 Å². The standard InChI is InChI=1S/C52H51BN2O/c1-32-25-45-49-46(26-32)55(42-15-12-14-35-30-52(8,9)31-39(35)42)44-23-17-34(48-28-33-13-10-11-16-47(33)56-48)27-40(44)53(49)41-29-37(51(5,6)7)20-24-43(41)54(45)38-21-18-36(19-22-38)50(2,3)4/h10-29H,30-31H2,1-9H3. The van der Waals surface area contributed by atoms with Gasteiger partial charge in [-0.15, -0.1) is 0 Å². The molecule has 0 N–H and O–H groups in total. The molecule has 0 amide bonds. The smallest absolute Gasteiger partial charge is 0.252 e. The molecule has 278 valence electrons. The lowest BCUT2D eigenvalue weighted by Gasteiger charge is -2.45. The predicted octanol–water partition coefficient (Wildman–Crippen LogP) is 12.2. The van der Waals surface area contributed by atoms with Gasteiger partial charge in [-0.25, -0.2) is 0 Å². The highest BCUT2D eigenvalue weighted by atomic mass is 16.3. The van der Waals surface area contributed by atoms with Gasteiger partial charge in [0.05, 0.1) is 0 Å². The van der Waals surface area contributed by atoms with Crippen molar-refractivity contribution in [3.8, 4) is 11.3 Å². The van der Waals surface area contributed by atoms with Crippen LogP contribution in [0.25, 0.3) is 22.3 Å². The number of fused-ring (bicyclic) bond motifs is 6. The third kappa shape index (κ3) is 5.47. The fraction of sp³-hybridized carbons (Fsp3) is 0.269. The first-order valence-electron chi connectivity index (χ1n) is 20.4. The van der Waals surface area contributed by atoms with E-state index in [1.807, 2.05) is 0 Å². The first kappa shape index (κ1) is 35.0. The normalized spacial score (nSPS) is 15.5. The lowest BCUT2D eigenvalue weighted by atomic mass is 9.33. The summed E-state index contributed by atoms with van der Waals surface area (Å²) in [4.78, 5) is 5.15. The fourth-order valence-corrected chi connectivity index (χ4v) is 9.79. The van der Waals surface area contributed by atoms with Crippen molar-refractivity contribution in [3.05, 3.63) is 149 Å². The summed E-state index contributed by atoms with van der Waals surface area (Å²) in [6, 6.07) is 46.0. The SMILES string of the molecule is Cc1cc2c3c(c1)N(c1cccc4c1CC(C)(C)C4)c1ccc(-c4cc5ccccc5o4)cc1B3c1cc(C(C)(C)C)ccc1N2c1ccc(C(C)(C)C)cc1. The molecule has 3 aliphatic rings. The summed E-state index contributed by atoms with van der Waals surface area (Å²) in [6.07, 6.45) is 2.15. The largest absolute Gasteiger partial charge is 0.456 e. The van der Waals surface area contributed by atoms with Crippen LogP contribution in [-0.4, -0.2) is 6.71 Å². The van der Waals surface area contributed by atoms with E-state index in [0.717, 1.165) is 35.1 Å². The van der Waals surface area contributed by atoms with Gasteiger partial charge in [0, 0.05) is 45.1 Å². The molecule has 0 atom stereocenters. The van der Waals surface area contributed by atoms with E-state index in [4.69, 9.17) is 4.42 Å². The molecule has 6 aromatic carbocycles. The van der Waals surface area contributed by atoms with Crippen molar-refractivity contribution < 1.29 is 4.42 Å². The molecule has 7 aromatic rings. The number of benzene rings is 6. The molecule has 1 aromatic heterocycles. The molecule has 0 saturated carbocycles. The number of para-hydroxylation sites is 1. The van der Waals surface area contributed by atoms with E-state index in [2.05, 4.69) is 193 Å². The number of furan rings is 1. The van der Waals surface area contributed by atoms with Gasteiger partial charge in [0.15, 0.2) is 0 Å². The Morgan fingerprint density at radius 2 is 1.25 bits per heavy atom. The molecule has 56 heavy (non-hydrogen) atoms. The highest BCUT2D eigenvalue weighted by molar-refractivity contribution is 7.00. The molecule has 10 rings (SSSR count). The maximum atomic E-state index is 6.55. The summed E-state index contributed by atoms with van der Waals surface area (Å²) < 4.78 is 6.55. The molecule has 0 unspecified atom stereocenters. The topological polar surface area (TPSA) is 19.6 Å². The zero-order valence-electron chi connectivity index (χ0n) is 34.3. The molecule has 3 nitrogen and oxygen atoms in total. The van der Waals surface area contributed by atoms with Crippen molar-refractivity contribution >= 4 is 68.2 Å². The average molecular weight is 731 g/mol. The molecule has 4 heteroatoms. The maximum Gasteiger partial charge on any atom is 0.252 e. The Bertz CT molecular complexity index is 2690. The van der Waals surface area contributed by atoms with E-state index in [-0.39, 0.29) is 23.0 Å². The van der Waals surface area contributed by atoms with Crippen molar-refractivity contribution in [2.75, 3.05) is 9.80 Å². The number of nitrogens with zero attached hydrogens (tertiary/aromatic N) is 2. The van der Waals surface area contributed by atoms with Gasteiger partial charge in [-0.2, -0.15) is 0 Å². The summed E-state index contributed by atoms with van der Waals surface area (Å²) in [6.45, 7) is 21.0. The van der Waals surface area contributed by atoms with Crippen LogP contribution in [0.3, 0.4) is 0 Å². The molecular weight excluding hydrogens is 679 g/mol. The van der Waals surface area contributed by atoms with E-state index in [1.54, 1.807) is 0 Å². The second-order valence-corrected chi connectivity index (χ2v) is 19.5. The van der Waals surface area contributed by atoms with Crippen LogP contribution in [0, 0.1) is 12.3 Å². The quantitative estimate of drug-likeness (QED) is 0.169. The number of anilines is 6. The zero-order chi connectivity index (χ0) is 38.9. The summed E-state index contributed by atoms with van der Waals surface area (Å²) in [5, 5.41) is 1.12. The Labute approximate surface area is 333 Å². The van der Waals surface area contributed by atoms with Gasteiger partial charge < -0.3 is 14.2 Å². The van der Waals surface area contributed by atoms with E-state index < -0.39 is 0 Å². The van der Waals surface area contributed by atoms with Crippen LogP contribution >= 0.6 is 0 Å². The van der Waals surface area contributed by atoms with Gasteiger partial charge in [-0.05, 0) is 141 Å². The van der Waals surface area contributed by atoms with Crippen LogP contribution in [0.15, 0.2) is 126 Å². The van der Waals surface area contributed by atoms with Gasteiger partial charge in [-0.3, -0.25) is 0 Å². The van der Waals surface area contributed by atoms with Gasteiger partial charge in [0.2, 0.25) is 0 Å². The minimum absolute atomic E-state index is 0.0122. The maximum absolute atomic E-state index is 6.55. The first-order valence-corrected chi connectivity index (χ1v) is 20.4. The molecular formula is C52H51BN2O. The number of hydrogen-bond acceptors (Lipinski definition) is 3. The van der Waals surface area contributed by atoms with Crippen LogP contribution < -0.4 is 26.2 Å². The summed E-state index contributed by atoms with van der Waals surface area (Å²) in [5.74, 6) is 0.901. The first-order chi connectivity index (χ1) is 26.6. The molecule has 0 radical (unpaired) electrons. The highest BCUT2D eigenvalue weighted by Gasteiger charge is 2.45. The van der Waals surface area contributed by atoms with Crippen molar-refractivity contribution in [1.82, 2.24) is 0 Å². The lowest BCUT2D eigenvalue weighted by molar-refractivity contribution is 0.393. The fourth-order valence-electron chi connectivity index (χ4n) is 9.79. The van der Waals surface area contributed by atoms with Gasteiger partial charge in [0.25, 0.3) is 6.71 Å². The Morgan fingerprint density at radius 1 is 0.589 bits per heavy atom. The second kappa shape index (κ2) is 12.0. The molecule has 3 heterocycles. The van der Waals surface area contributed by atoms with Crippen LogP contribution in [-0.2, 0) is 23.7 Å². The Morgan fingerprint density at radius 3 is 1.98 bits per heavy atom. The van der Waals surface area contributed by atoms with E-state index in [9.17, 15) is 0 Å². The molecule has 0 spiro atoms. The lowest BCUT2D eigenvalue weighted by Crippen LogP contribution is -2.61. The van der Waals surface area contributed by atoms with Crippen LogP contribution in [0.2, 0.25) is 0 Å². The minimum atomic E-state index is -0.0122. The number of rotatable bonds is 3. The van der Waals surface area contributed by atoms with Crippen LogP contribution in [0.4, 0.5) is 34.1 Å². The van der Waals surface area contributed by atoms with Gasteiger partial charge in [-0.1, -0.05) is 116 Å². The number of hydrogen-bond donors (Lipinski definition) is 0. The van der Waals surface area contributed by atoms with E-state index in [0.29, 0.717) is 0 Å². The predicted molar refractivity (Wildman–Crippen MR) is 239 cm³/mol.